The van der Waals surface area contributed by atoms with Crippen LogP contribution in [0.2, 0.25) is 0 Å². The van der Waals surface area contributed by atoms with Crippen molar-refractivity contribution in [2.75, 3.05) is 0 Å². The molecule has 1 nitrogen and oxygen atoms in total. The van der Waals surface area contributed by atoms with Gasteiger partial charge in [0.25, 0.3) is 0 Å². The molecule has 98 valence electrons. The Balaban J connectivity index is 2.25. The lowest BCUT2D eigenvalue weighted by atomic mass is 9.99. The van der Waals surface area contributed by atoms with Crippen molar-refractivity contribution in [3.05, 3.63) is 70.3 Å². The van der Waals surface area contributed by atoms with E-state index in [1.807, 2.05) is 19.9 Å². The molecule has 2 aromatic rings. The summed E-state index contributed by atoms with van der Waals surface area (Å²) in [6.45, 7) is 3.87. The Hall–Kier alpha value is -2.03. The topological polar surface area (TPSA) is 17.1 Å². The van der Waals surface area contributed by atoms with Gasteiger partial charge in [0.15, 0.2) is 5.78 Å². The molecule has 19 heavy (non-hydrogen) atoms. The molecule has 0 aliphatic carbocycles. The molecule has 0 fully saturated rings. The van der Waals surface area contributed by atoms with E-state index in [9.17, 15) is 13.6 Å². The fraction of sp³-hybridized carbons (Fsp3) is 0.188. The minimum Gasteiger partial charge on any atom is -0.294 e. The predicted molar refractivity (Wildman–Crippen MR) is 70.3 cm³/mol. The van der Waals surface area contributed by atoms with Gasteiger partial charge in [-0.25, -0.2) is 8.78 Å². The van der Waals surface area contributed by atoms with Crippen molar-refractivity contribution in [3.8, 4) is 0 Å². The second-order valence-corrected chi connectivity index (χ2v) is 4.63. The van der Waals surface area contributed by atoms with E-state index in [1.54, 1.807) is 12.1 Å². The van der Waals surface area contributed by atoms with Crippen molar-refractivity contribution in [1.29, 1.82) is 0 Å². The third-order valence-corrected chi connectivity index (χ3v) is 3.19. The smallest absolute Gasteiger partial charge is 0.167 e. The van der Waals surface area contributed by atoms with Gasteiger partial charge in [0.2, 0.25) is 0 Å². The number of ketones is 1. The minimum atomic E-state index is -0.557. The molecule has 0 bridgehead atoms. The Bertz CT molecular complexity index is 633. The molecule has 0 radical (unpaired) electrons. The second kappa shape index (κ2) is 5.31. The maximum Gasteiger partial charge on any atom is 0.167 e. The molecule has 2 rings (SSSR count). The summed E-state index contributed by atoms with van der Waals surface area (Å²) in [7, 11) is 0. The lowest BCUT2D eigenvalue weighted by Gasteiger charge is -2.06. The molecule has 2 aromatic carbocycles. The van der Waals surface area contributed by atoms with Crippen molar-refractivity contribution in [1.82, 2.24) is 0 Å². The van der Waals surface area contributed by atoms with Crippen molar-refractivity contribution < 1.29 is 13.6 Å². The van der Waals surface area contributed by atoms with Crippen LogP contribution in [0.3, 0.4) is 0 Å². The van der Waals surface area contributed by atoms with Gasteiger partial charge in [-0.1, -0.05) is 12.1 Å². The Morgan fingerprint density at radius 3 is 2.42 bits per heavy atom. The van der Waals surface area contributed by atoms with E-state index in [1.165, 1.54) is 0 Å². The fourth-order valence-electron chi connectivity index (χ4n) is 1.87. The molecule has 0 saturated carbocycles. The second-order valence-electron chi connectivity index (χ2n) is 4.63. The standard InChI is InChI=1S/C16H14F2O/c1-10-3-4-12(7-11(10)2)16(19)9-13-8-14(17)5-6-15(13)18/h3-8H,9H2,1-2H3. The van der Waals surface area contributed by atoms with Crippen LogP contribution in [0.5, 0.6) is 0 Å². The first-order chi connectivity index (χ1) is 8.97. The fourth-order valence-corrected chi connectivity index (χ4v) is 1.87. The van der Waals surface area contributed by atoms with Gasteiger partial charge in [0, 0.05) is 12.0 Å². The summed E-state index contributed by atoms with van der Waals surface area (Å²) < 4.78 is 26.5. The van der Waals surface area contributed by atoms with Crippen LogP contribution in [0, 0.1) is 25.5 Å². The van der Waals surface area contributed by atoms with Gasteiger partial charge in [-0.2, -0.15) is 0 Å². The van der Waals surface area contributed by atoms with Crippen molar-refractivity contribution in [2.45, 2.75) is 20.3 Å². The zero-order chi connectivity index (χ0) is 14.0. The van der Waals surface area contributed by atoms with E-state index in [0.29, 0.717) is 5.56 Å². The van der Waals surface area contributed by atoms with Crippen LogP contribution in [0.4, 0.5) is 8.78 Å². The molecule has 0 amide bonds. The number of hydrogen-bond acceptors (Lipinski definition) is 1. The number of benzene rings is 2. The van der Waals surface area contributed by atoms with E-state index in [4.69, 9.17) is 0 Å². The first kappa shape index (κ1) is 13.4. The Morgan fingerprint density at radius 1 is 1.00 bits per heavy atom. The summed E-state index contributed by atoms with van der Waals surface area (Å²) in [6, 6.07) is 8.48. The van der Waals surface area contributed by atoms with E-state index < -0.39 is 11.6 Å². The molecule has 0 unspecified atom stereocenters. The molecule has 0 saturated heterocycles. The van der Waals surface area contributed by atoms with Crippen LogP contribution >= 0.6 is 0 Å². The lowest BCUT2D eigenvalue weighted by Crippen LogP contribution is -2.06. The molecule has 0 aliphatic rings. The van der Waals surface area contributed by atoms with Gasteiger partial charge in [0.1, 0.15) is 11.6 Å². The molecule has 0 aliphatic heterocycles. The average molecular weight is 260 g/mol. The zero-order valence-corrected chi connectivity index (χ0v) is 10.8. The highest BCUT2D eigenvalue weighted by Gasteiger charge is 2.12. The van der Waals surface area contributed by atoms with Gasteiger partial charge in [-0.15, -0.1) is 0 Å². The van der Waals surface area contributed by atoms with Crippen LogP contribution in [-0.2, 0) is 6.42 Å². The zero-order valence-electron chi connectivity index (χ0n) is 10.8. The van der Waals surface area contributed by atoms with Gasteiger partial charge in [-0.05, 0) is 54.8 Å². The number of carbonyl (C=O) groups excluding carboxylic acids is 1. The van der Waals surface area contributed by atoms with Crippen LogP contribution in [0.1, 0.15) is 27.0 Å². The van der Waals surface area contributed by atoms with Gasteiger partial charge in [0.05, 0.1) is 0 Å². The van der Waals surface area contributed by atoms with E-state index in [-0.39, 0.29) is 17.8 Å². The number of hydrogen-bond donors (Lipinski definition) is 0. The van der Waals surface area contributed by atoms with Crippen molar-refractivity contribution in [3.63, 3.8) is 0 Å². The summed E-state index contributed by atoms with van der Waals surface area (Å²) in [5.41, 5.74) is 2.70. The molecule has 3 heteroatoms. The highest BCUT2D eigenvalue weighted by molar-refractivity contribution is 5.97. The maximum atomic E-state index is 13.5. The first-order valence-electron chi connectivity index (χ1n) is 6.02. The van der Waals surface area contributed by atoms with Gasteiger partial charge in [-0.3, -0.25) is 4.79 Å². The largest absolute Gasteiger partial charge is 0.294 e. The van der Waals surface area contributed by atoms with E-state index >= 15 is 0 Å². The van der Waals surface area contributed by atoms with Gasteiger partial charge < -0.3 is 0 Å². The molecule has 0 aromatic heterocycles. The van der Waals surface area contributed by atoms with Crippen LogP contribution in [0.15, 0.2) is 36.4 Å². The third kappa shape index (κ3) is 3.05. The number of carbonyl (C=O) groups is 1. The quantitative estimate of drug-likeness (QED) is 0.762. The number of Topliss-reactive ketones (excluding diaryl/α,β-unsaturated/α-hetero) is 1. The molecule has 0 atom stereocenters. The first-order valence-corrected chi connectivity index (χ1v) is 6.02. The van der Waals surface area contributed by atoms with Crippen LogP contribution < -0.4 is 0 Å². The Morgan fingerprint density at radius 2 is 1.74 bits per heavy atom. The minimum absolute atomic E-state index is 0.0863. The van der Waals surface area contributed by atoms with E-state index in [0.717, 1.165) is 29.3 Å². The Kier molecular flexibility index (Phi) is 3.74. The summed E-state index contributed by atoms with van der Waals surface area (Å²) >= 11 is 0. The molecule has 0 spiro atoms. The van der Waals surface area contributed by atoms with Crippen molar-refractivity contribution >= 4 is 5.78 Å². The normalized spacial score (nSPS) is 10.5. The van der Waals surface area contributed by atoms with E-state index in [2.05, 4.69) is 0 Å². The summed E-state index contributed by atoms with van der Waals surface area (Å²) in [6.07, 6.45) is -0.133. The maximum absolute atomic E-state index is 13.5. The monoisotopic (exact) mass is 260 g/mol. The number of rotatable bonds is 3. The van der Waals surface area contributed by atoms with Gasteiger partial charge >= 0.3 is 0 Å². The van der Waals surface area contributed by atoms with Crippen molar-refractivity contribution in [2.24, 2.45) is 0 Å². The average Bonchev–Trinajstić information content (AvgIpc) is 2.37. The lowest BCUT2D eigenvalue weighted by molar-refractivity contribution is 0.0991. The summed E-state index contributed by atoms with van der Waals surface area (Å²) in [5.74, 6) is -1.31. The Labute approximate surface area is 110 Å². The number of halogens is 2. The summed E-state index contributed by atoms with van der Waals surface area (Å²) in [4.78, 5) is 12.1. The molecule has 0 N–H and O–H groups in total. The molecule has 0 heterocycles. The SMILES string of the molecule is Cc1ccc(C(=O)Cc2cc(F)ccc2F)cc1C. The number of aryl methyl sites for hydroxylation is 2. The highest BCUT2D eigenvalue weighted by atomic mass is 19.1. The van der Waals surface area contributed by atoms with Crippen LogP contribution in [0.25, 0.3) is 0 Å². The summed E-state index contributed by atoms with van der Waals surface area (Å²) in [5, 5.41) is 0. The third-order valence-electron chi connectivity index (χ3n) is 3.19. The predicted octanol–water partition coefficient (Wildman–Crippen LogP) is 4.01. The molecular weight excluding hydrogens is 246 g/mol. The molecular formula is C16H14F2O. The highest BCUT2D eigenvalue weighted by Crippen LogP contribution is 2.15. The van der Waals surface area contributed by atoms with Crippen LogP contribution in [-0.4, -0.2) is 5.78 Å².